The Kier molecular flexibility index (Phi) is 6.60. The van der Waals surface area contributed by atoms with Gasteiger partial charge in [0.2, 0.25) is 0 Å². The summed E-state index contributed by atoms with van der Waals surface area (Å²) < 4.78 is 49.3. The Morgan fingerprint density at radius 1 is 1.04 bits per heavy atom. The van der Waals surface area contributed by atoms with Gasteiger partial charge in [-0.3, -0.25) is 9.59 Å². The average Bonchev–Trinajstić information content (AvgIpc) is 2.65. The summed E-state index contributed by atoms with van der Waals surface area (Å²) in [7, 11) is 1.51. The van der Waals surface area contributed by atoms with Crippen LogP contribution in [0.5, 0.6) is 5.75 Å². The molecule has 0 unspecified atom stereocenters. The predicted molar refractivity (Wildman–Crippen MR) is 87.2 cm³/mol. The molecule has 0 saturated carbocycles. The van der Waals surface area contributed by atoms with Gasteiger partial charge in [-0.1, -0.05) is 18.2 Å². The molecule has 2 rings (SSSR count). The molecule has 0 aliphatic carbocycles. The van der Waals surface area contributed by atoms with Gasteiger partial charge in [-0.05, 0) is 30.2 Å². The number of halogens is 3. The maximum atomic E-state index is 13.5. The summed E-state index contributed by atoms with van der Waals surface area (Å²) >= 11 is 0. The number of esters is 1. The van der Waals surface area contributed by atoms with Crippen molar-refractivity contribution in [3.05, 3.63) is 59.4 Å². The standard InChI is InChI=1S/C18H16F3NO4/c1-25-14-5-3-2-4-11(14)6-9-16(24)26-10-15(23)22-13-8-7-12(19)17(20)18(13)21/h2-5,7-8H,6,9-10H2,1H3,(H,22,23). The number of para-hydroxylation sites is 1. The first kappa shape index (κ1) is 19.3. The summed E-state index contributed by atoms with van der Waals surface area (Å²) in [4.78, 5) is 23.4. The zero-order valence-corrected chi connectivity index (χ0v) is 13.9. The van der Waals surface area contributed by atoms with Crippen molar-refractivity contribution < 1.29 is 32.2 Å². The Morgan fingerprint density at radius 2 is 1.77 bits per heavy atom. The first-order valence-electron chi connectivity index (χ1n) is 7.63. The average molecular weight is 367 g/mol. The second kappa shape index (κ2) is 8.89. The van der Waals surface area contributed by atoms with E-state index < -0.39 is 41.6 Å². The van der Waals surface area contributed by atoms with E-state index in [0.717, 1.165) is 11.6 Å². The van der Waals surface area contributed by atoms with Gasteiger partial charge in [-0.2, -0.15) is 0 Å². The Morgan fingerprint density at radius 3 is 2.50 bits per heavy atom. The fourth-order valence-electron chi connectivity index (χ4n) is 2.17. The number of carbonyl (C=O) groups is 2. The second-order valence-corrected chi connectivity index (χ2v) is 5.24. The zero-order chi connectivity index (χ0) is 19.1. The zero-order valence-electron chi connectivity index (χ0n) is 13.9. The second-order valence-electron chi connectivity index (χ2n) is 5.24. The molecule has 26 heavy (non-hydrogen) atoms. The molecule has 0 heterocycles. The molecule has 1 amide bonds. The molecule has 0 bridgehead atoms. The number of methoxy groups -OCH3 is 1. The van der Waals surface area contributed by atoms with Gasteiger partial charge in [0.1, 0.15) is 5.75 Å². The van der Waals surface area contributed by atoms with E-state index >= 15 is 0 Å². The lowest BCUT2D eigenvalue weighted by atomic mass is 10.1. The fourth-order valence-corrected chi connectivity index (χ4v) is 2.17. The lowest BCUT2D eigenvalue weighted by molar-refractivity contribution is -0.147. The van der Waals surface area contributed by atoms with Crippen LogP contribution < -0.4 is 10.1 Å². The van der Waals surface area contributed by atoms with Crippen LogP contribution in [0.15, 0.2) is 36.4 Å². The van der Waals surface area contributed by atoms with Crippen molar-refractivity contribution in [3.63, 3.8) is 0 Å². The van der Waals surface area contributed by atoms with Gasteiger partial charge in [0.25, 0.3) is 5.91 Å². The smallest absolute Gasteiger partial charge is 0.306 e. The highest BCUT2D eigenvalue weighted by molar-refractivity contribution is 5.92. The summed E-state index contributed by atoms with van der Waals surface area (Å²) in [6, 6.07) is 8.69. The number of ether oxygens (including phenoxy) is 2. The molecular weight excluding hydrogens is 351 g/mol. The van der Waals surface area contributed by atoms with Crippen molar-refractivity contribution in [1.29, 1.82) is 0 Å². The maximum absolute atomic E-state index is 13.5. The summed E-state index contributed by atoms with van der Waals surface area (Å²) in [6.45, 7) is -0.677. The van der Waals surface area contributed by atoms with Crippen LogP contribution >= 0.6 is 0 Å². The molecule has 2 aromatic rings. The first-order chi connectivity index (χ1) is 12.4. The van der Waals surface area contributed by atoms with Crippen LogP contribution in [-0.2, 0) is 20.7 Å². The van der Waals surface area contributed by atoms with E-state index in [1.807, 2.05) is 5.32 Å². The van der Waals surface area contributed by atoms with Gasteiger partial charge in [0.05, 0.1) is 12.8 Å². The van der Waals surface area contributed by atoms with Gasteiger partial charge < -0.3 is 14.8 Å². The quantitative estimate of drug-likeness (QED) is 0.603. The minimum atomic E-state index is -1.70. The number of rotatable bonds is 7. The summed E-state index contributed by atoms with van der Waals surface area (Å²) in [5, 5.41) is 2.01. The van der Waals surface area contributed by atoms with Gasteiger partial charge >= 0.3 is 5.97 Å². The van der Waals surface area contributed by atoms with Crippen LogP contribution in [0.1, 0.15) is 12.0 Å². The third-order valence-electron chi connectivity index (χ3n) is 3.46. The SMILES string of the molecule is COc1ccccc1CCC(=O)OCC(=O)Nc1ccc(F)c(F)c1F. The number of anilines is 1. The van der Waals surface area contributed by atoms with Crippen molar-refractivity contribution in [2.75, 3.05) is 19.0 Å². The number of amides is 1. The van der Waals surface area contributed by atoms with Crippen LogP contribution in [-0.4, -0.2) is 25.6 Å². The maximum Gasteiger partial charge on any atom is 0.306 e. The highest BCUT2D eigenvalue weighted by atomic mass is 19.2. The van der Waals surface area contributed by atoms with E-state index in [0.29, 0.717) is 18.2 Å². The van der Waals surface area contributed by atoms with E-state index in [2.05, 4.69) is 0 Å². The number of aryl methyl sites for hydroxylation is 1. The van der Waals surface area contributed by atoms with E-state index in [1.54, 1.807) is 24.3 Å². The van der Waals surface area contributed by atoms with Crippen molar-refractivity contribution in [2.45, 2.75) is 12.8 Å². The van der Waals surface area contributed by atoms with Crippen LogP contribution in [0.4, 0.5) is 18.9 Å². The summed E-state index contributed by atoms with van der Waals surface area (Å²) in [5.41, 5.74) is 0.263. The Bertz CT molecular complexity index is 811. The lowest BCUT2D eigenvalue weighted by Crippen LogP contribution is -2.22. The molecule has 5 nitrogen and oxygen atoms in total. The van der Waals surface area contributed by atoms with E-state index in [9.17, 15) is 22.8 Å². The topological polar surface area (TPSA) is 64.6 Å². The molecule has 1 N–H and O–H groups in total. The highest BCUT2D eigenvalue weighted by Crippen LogP contribution is 2.20. The number of carbonyl (C=O) groups excluding carboxylic acids is 2. The van der Waals surface area contributed by atoms with E-state index in [1.165, 1.54) is 7.11 Å². The first-order valence-corrected chi connectivity index (χ1v) is 7.63. The number of hydrogen-bond donors (Lipinski definition) is 1. The van der Waals surface area contributed by atoms with Crippen molar-refractivity contribution in [3.8, 4) is 5.75 Å². The van der Waals surface area contributed by atoms with Gasteiger partial charge in [0.15, 0.2) is 24.1 Å². The normalized spacial score (nSPS) is 10.3. The van der Waals surface area contributed by atoms with Crippen molar-refractivity contribution in [1.82, 2.24) is 0 Å². The third kappa shape index (κ3) is 4.98. The van der Waals surface area contributed by atoms with Crippen LogP contribution in [0, 0.1) is 17.5 Å². The molecule has 0 aliphatic heterocycles. The Hall–Kier alpha value is -3.03. The molecule has 0 spiro atoms. The molecule has 0 atom stereocenters. The Labute approximate surface area is 147 Å². The Balaban J connectivity index is 1.82. The number of nitrogens with one attached hydrogen (secondary N) is 1. The monoisotopic (exact) mass is 367 g/mol. The lowest BCUT2D eigenvalue weighted by Gasteiger charge is -2.09. The van der Waals surface area contributed by atoms with E-state index in [-0.39, 0.29) is 6.42 Å². The summed E-state index contributed by atoms with van der Waals surface area (Å²) in [5.74, 6) is -5.48. The molecule has 0 aliphatic rings. The van der Waals surface area contributed by atoms with E-state index in [4.69, 9.17) is 9.47 Å². The van der Waals surface area contributed by atoms with Crippen LogP contribution in [0.3, 0.4) is 0 Å². The fraction of sp³-hybridized carbons (Fsp3) is 0.222. The minimum Gasteiger partial charge on any atom is -0.496 e. The largest absolute Gasteiger partial charge is 0.496 e. The van der Waals surface area contributed by atoms with Gasteiger partial charge in [-0.15, -0.1) is 0 Å². The van der Waals surface area contributed by atoms with Crippen molar-refractivity contribution >= 4 is 17.6 Å². The van der Waals surface area contributed by atoms with Crippen LogP contribution in [0.2, 0.25) is 0 Å². The van der Waals surface area contributed by atoms with Gasteiger partial charge in [-0.25, -0.2) is 13.2 Å². The molecular formula is C18H16F3NO4. The third-order valence-corrected chi connectivity index (χ3v) is 3.46. The summed E-state index contributed by atoms with van der Waals surface area (Å²) in [6.07, 6.45) is 0.357. The minimum absolute atomic E-state index is 0.00713. The molecule has 138 valence electrons. The predicted octanol–water partition coefficient (Wildman–Crippen LogP) is 3.23. The number of benzene rings is 2. The molecule has 0 fully saturated rings. The number of hydrogen-bond acceptors (Lipinski definition) is 4. The van der Waals surface area contributed by atoms with Crippen molar-refractivity contribution in [2.24, 2.45) is 0 Å². The molecule has 0 aromatic heterocycles. The molecule has 2 aromatic carbocycles. The molecule has 0 saturated heterocycles. The molecule has 8 heteroatoms. The van der Waals surface area contributed by atoms with Gasteiger partial charge in [0, 0.05) is 6.42 Å². The van der Waals surface area contributed by atoms with Crippen LogP contribution in [0.25, 0.3) is 0 Å². The molecule has 0 radical (unpaired) electrons. The highest BCUT2D eigenvalue weighted by Gasteiger charge is 2.16.